The minimum absolute atomic E-state index is 0.183. The second kappa shape index (κ2) is 6.39. The highest BCUT2D eigenvalue weighted by Gasteiger charge is 2.21. The highest BCUT2D eigenvalue weighted by atomic mass is 16.6. The molecular formula is C19H18N2O4. The predicted molar refractivity (Wildman–Crippen MR) is 93.5 cm³/mol. The Labute approximate surface area is 144 Å². The van der Waals surface area contributed by atoms with Gasteiger partial charge in [0, 0.05) is 17.0 Å². The van der Waals surface area contributed by atoms with E-state index in [0.717, 1.165) is 22.4 Å². The van der Waals surface area contributed by atoms with Crippen molar-refractivity contribution < 1.29 is 19.0 Å². The number of carbonyl (C=O) groups is 1. The van der Waals surface area contributed by atoms with Crippen molar-refractivity contribution in [2.24, 2.45) is 0 Å². The topological polar surface area (TPSA) is 72.6 Å². The fourth-order valence-corrected chi connectivity index (χ4v) is 2.82. The average molecular weight is 338 g/mol. The van der Waals surface area contributed by atoms with Gasteiger partial charge in [0.05, 0.1) is 13.7 Å². The zero-order chi connectivity index (χ0) is 17.2. The van der Waals surface area contributed by atoms with Crippen LogP contribution in [0.1, 0.15) is 10.5 Å². The number of benzene rings is 2. The summed E-state index contributed by atoms with van der Waals surface area (Å²) in [6, 6.07) is 15.0. The first-order valence-corrected chi connectivity index (χ1v) is 8.06. The van der Waals surface area contributed by atoms with E-state index in [1.54, 1.807) is 7.11 Å². The van der Waals surface area contributed by atoms with Crippen LogP contribution in [0.4, 0.5) is 0 Å². The van der Waals surface area contributed by atoms with Gasteiger partial charge in [-0.05, 0) is 30.3 Å². The number of H-pyrrole nitrogens is 1. The normalized spacial score (nSPS) is 15.8. The van der Waals surface area contributed by atoms with Crippen molar-refractivity contribution in [1.29, 1.82) is 0 Å². The molecule has 25 heavy (non-hydrogen) atoms. The standard InChI is InChI=1S/C19H18N2O4/c1-23-13-7-6-12-8-16(21-15(12)9-13)19(22)20-10-14-11-24-17-4-2-3-5-18(17)25-14/h2-9,14,21H,10-11H2,1H3,(H,20,22). The van der Waals surface area contributed by atoms with Gasteiger partial charge < -0.3 is 24.5 Å². The zero-order valence-electron chi connectivity index (χ0n) is 13.7. The molecule has 0 spiro atoms. The molecule has 0 bridgehead atoms. The van der Waals surface area contributed by atoms with E-state index in [4.69, 9.17) is 14.2 Å². The van der Waals surface area contributed by atoms with E-state index in [-0.39, 0.29) is 12.0 Å². The Kier molecular flexibility index (Phi) is 3.93. The van der Waals surface area contributed by atoms with Gasteiger partial charge in [0.15, 0.2) is 11.5 Å². The van der Waals surface area contributed by atoms with Gasteiger partial charge in [0.1, 0.15) is 24.2 Å². The lowest BCUT2D eigenvalue weighted by atomic mass is 10.2. The summed E-state index contributed by atoms with van der Waals surface area (Å²) in [5, 5.41) is 3.84. The minimum Gasteiger partial charge on any atom is -0.497 e. The Morgan fingerprint density at radius 2 is 2.08 bits per heavy atom. The van der Waals surface area contributed by atoms with E-state index >= 15 is 0 Å². The zero-order valence-corrected chi connectivity index (χ0v) is 13.7. The van der Waals surface area contributed by atoms with Crippen LogP contribution < -0.4 is 19.5 Å². The summed E-state index contributed by atoms with van der Waals surface area (Å²) in [5.74, 6) is 1.99. The molecule has 6 heteroatoms. The van der Waals surface area contributed by atoms with E-state index in [1.165, 1.54) is 0 Å². The molecule has 0 saturated heterocycles. The van der Waals surface area contributed by atoms with Crippen LogP contribution in [0.5, 0.6) is 17.2 Å². The number of ether oxygens (including phenoxy) is 3. The maximum absolute atomic E-state index is 12.4. The number of hydrogen-bond acceptors (Lipinski definition) is 4. The predicted octanol–water partition coefficient (Wildman–Crippen LogP) is 2.75. The molecule has 1 atom stereocenters. The van der Waals surface area contributed by atoms with Gasteiger partial charge >= 0.3 is 0 Å². The Hall–Kier alpha value is -3.15. The number of aromatic amines is 1. The van der Waals surface area contributed by atoms with E-state index in [9.17, 15) is 4.79 Å². The van der Waals surface area contributed by atoms with Gasteiger partial charge in [0.25, 0.3) is 5.91 Å². The quantitative estimate of drug-likeness (QED) is 0.767. The average Bonchev–Trinajstić information content (AvgIpc) is 3.09. The molecule has 0 radical (unpaired) electrons. The molecule has 1 unspecified atom stereocenters. The summed E-state index contributed by atoms with van der Waals surface area (Å²) >= 11 is 0. The third-order valence-corrected chi connectivity index (χ3v) is 4.13. The Balaban J connectivity index is 1.41. The van der Waals surface area contributed by atoms with Gasteiger partial charge in [-0.2, -0.15) is 0 Å². The number of para-hydroxylation sites is 2. The molecule has 0 saturated carbocycles. The van der Waals surface area contributed by atoms with Crippen LogP contribution in [0, 0.1) is 0 Å². The monoisotopic (exact) mass is 338 g/mol. The third kappa shape index (κ3) is 3.10. The Bertz CT molecular complexity index is 919. The maximum Gasteiger partial charge on any atom is 0.267 e. The van der Waals surface area contributed by atoms with E-state index in [1.807, 2.05) is 48.5 Å². The molecule has 0 fully saturated rings. The highest BCUT2D eigenvalue weighted by molar-refractivity contribution is 5.98. The number of methoxy groups -OCH3 is 1. The van der Waals surface area contributed by atoms with Crippen LogP contribution in [0.2, 0.25) is 0 Å². The molecule has 0 aliphatic carbocycles. The summed E-state index contributed by atoms with van der Waals surface area (Å²) in [7, 11) is 1.61. The van der Waals surface area contributed by atoms with Gasteiger partial charge in [-0.1, -0.05) is 12.1 Å². The second-order valence-corrected chi connectivity index (χ2v) is 5.84. The van der Waals surface area contributed by atoms with Gasteiger partial charge in [-0.3, -0.25) is 4.79 Å². The molecule has 1 amide bonds. The van der Waals surface area contributed by atoms with Gasteiger partial charge in [-0.25, -0.2) is 0 Å². The fourth-order valence-electron chi connectivity index (χ4n) is 2.82. The summed E-state index contributed by atoms with van der Waals surface area (Å²) < 4.78 is 16.7. The van der Waals surface area contributed by atoms with Crippen LogP contribution in [-0.2, 0) is 0 Å². The smallest absolute Gasteiger partial charge is 0.267 e. The molecule has 1 aliphatic rings. The molecule has 128 valence electrons. The van der Waals surface area contributed by atoms with Crippen molar-refractivity contribution in [3.8, 4) is 17.2 Å². The molecule has 6 nitrogen and oxygen atoms in total. The summed E-state index contributed by atoms with van der Waals surface area (Å²) in [5.41, 5.74) is 1.36. The van der Waals surface area contributed by atoms with Gasteiger partial charge in [-0.15, -0.1) is 0 Å². The van der Waals surface area contributed by atoms with Crippen LogP contribution in [0.3, 0.4) is 0 Å². The molecule has 2 N–H and O–H groups in total. The largest absolute Gasteiger partial charge is 0.497 e. The molecule has 2 heterocycles. The maximum atomic E-state index is 12.4. The lowest BCUT2D eigenvalue weighted by Crippen LogP contribution is -2.40. The minimum atomic E-state index is -0.219. The number of nitrogens with one attached hydrogen (secondary N) is 2. The molecule has 2 aromatic carbocycles. The highest BCUT2D eigenvalue weighted by Crippen LogP contribution is 2.30. The van der Waals surface area contributed by atoms with Crippen molar-refractivity contribution in [3.63, 3.8) is 0 Å². The van der Waals surface area contributed by atoms with Crippen molar-refractivity contribution >= 4 is 16.8 Å². The summed E-state index contributed by atoms with van der Waals surface area (Å²) in [6.45, 7) is 0.771. The number of fused-ring (bicyclic) bond motifs is 2. The van der Waals surface area contributed by atoms with E-state index in [2.05, 4.69) is 10.3 Å². The lowest BCUT2D eigenvalue weighted by Gasteiger charge is -2.26. The molecule has 1 aliphatic heterocycles. The first-order valence-electron chi connectivity index (χ1n) is 8.06. The third-order valence-electron chi connectivity index (χ3n) is 4.13. The summed E-state index contributed by atoms with van der Waals surface area (Å²) in [6.07, 6.45) is -0.219. The van der Waals surface area contributed by atoms with Crippen molar-refractivity contribution in [1.82, 2.24) is 10.3 Å². The van der Waals surface area contributed by atoms with E-state index < -0.39 is 0 Å². The van der Waals surface area contributed by atoms with Crippen molar-refractivity contribution in [3.05, 3.63) is 54.2 Å². The second-order valence-electron chi connectivity index (χ2n) is 5.84. The Morgan fingerprint density at radius 1 is 1.24 bits per heavy atom. The lowest BCUT2D eigenvalue weighted by molar-refractivity contribution is 0.0787. The number of carbonyl (C=O) groups excluding carboxylic acids is 1. The molecule has 4 rings (SSSR count). The van der Waals surface area contributed by atoms with Gasteiger partial charge in [0.2, 0.25) is 0 Å². The first kappa shape index (κ1) is 15.4. The Morgan fingerprint density at radius 3 is 2.92 bits per heavy atom. The van der Waals surface area contributed by atoms with Crippen LogP contribution in [0.25, 0.3) is 10.9 Å². The van der Waals surface area contributed by atoms with Crippen LogP contribution >= 0.6 is 0 Å². The first-order chi connectivity index (χ1) is 12.2. The van der Waals surface area contributed by atoms with E-state index in [0.29, 0.717) is 24.6 Å². The summed E-state index contributed by atoms with van der Waals surface area (Å²) in [4.78, 5) is 15.5. The number of amides is 1. The van der Waals surface area contributed by atoms with Crippen LogP contribution in [-0.4, -0.2) is 37.3 Å². The number of hydrogen-bond donors (Lipinski definition) is 2. The molecular weight excluding hydrogens is 320 g/mol. The van der Waals surface area contributed by atoms with Crippen molar-refractivity contribution in [2.75, 3.05) is 20.3 Å². The molecule has 1 aromatic heterocycles. The number of rotatable bonds is 4. The van der Waals surface area contributed by atoms with Crippen LogP contribution in [0.15, 0.2) is 48.5 Å². The molecule has 3 aromatic rings. The van der Waals surface area contributed by atoms with Crippen molar-refractivity contribution in [2.45, 2.75) is 6.10 Å². The fraction of sp³-hybridized carbons (Fsp3) is 0.211. The number of aromatic nitrogens is 1. The SMILES string of the molecule is COc1ccc2cc(C(=O)NCC3COc4ccccc4O3)[nH]c2c1.